The van der Waals surface area contributed by atoms with Crippen molar-refractivity contribution in [2.75, 3.05) is 18.6 Å². The molecule has 0 saturated heterocycles. The van der Waals surface area contributed by atoms with E-state index in [2.05, 4.69) is 12.6 Å². The van der Waals surface area contributed by atoms with Crippen LogP contribution in [0.15, 0.2) is 0 Å². The van der Waals surface area contributed by atoms with Crippen LogP contribution < -0.4 is 0 Å². The van der Waals surface area contributed by atoms with E-state index in [4.69, 9.17) is 5.11 Å². The SMILES string of the molecule is CC(CS)C(=O)N(C)SCCC(=O)O. The molecule has 0 radical (unpaired) electrons. The van der Waals surface area contributed by atoms with Gasteiger partial charge in [-0.05, 0) is 11.9 Å². The van der Waals surface area contributed by atoms with E-state index in [1.54, 1.807) is 14.0 Å². The van der Waals surface area contributed by atoms with Gasteiger partial charge in [0.1, 0.15) is 0 Å². The molecule has 14 heavy (non-hydrogen) atoms. The van der Waals surface area contributed by atoms with Gasteiger partial charge in [0.25, 0.3) is 0 Å². The first kappa shape index (κ1) is 13.6. The molecule has 0 rings (SSSR count). The van der Waals surface area contributed by atoms with Crippen molar-refractivity contribution in [2.24, 2.45) is 5.92 Å². The van der Waals surface area contributed by atoms with E-state index in [1.807, 2.05) is 0 Å². The molecule has 0 fully saturated rings. The Hall–Kier alpha value is -0.360. The standard InChI is InChI=1S/C8H15NO3S2/c1-6(5-13)8(12)9(2)14-4-3-7(10)11/h6,13H,3-5H2,1-2H3,(H,10,11). The van der Waals surface area contributed by atoms with Gasteiger partial charge in [0.2, 0.25) is 5.91 Å². The number of rotatable bonds is 6. The molecular weight excluding hydrogens is 222 g/mol. The first-order valence-corrected chi connectivity index (χ1v) is 5.79. The molecule has 0 saturated carbocycles. The lowest BCUT2D eigenvalue weighted by Crippen LogP contribution is -2.27. The van der Waals surface area contributed by atoms with E-state index < -0.39 is 5.97 Å². The summed E-state index contributed by atoms with van der Waals surface area (Å²) in [5, 5.41) is 8.39. The number of thiol groups is 1. The van der Waals surface area contributed by atoms with Crippen molar-refractivity contribution < 1.29 is 14.7 Å². The molecule has 0 spiro atoms. The zero-order valence-corrected chi connectivity index (χ0v) is 9.98. The van der Waals surface area contributed by atoms with Gasteiger partial charge in [-0.2, -0.15) is 12.6 Å². The van der Waals surface area contributed by atoms with Crippen LogP contribution in [0.1, 0.15) is 13.3 Å². The average Bonchev–Trinajstić information content (AvgIpc) is 2.14. The van der Waals surface area contributed by atoms with Crippen LogP contribution in [0.2, 0.25) is 0 Å². The van der Waals surface area contributed by atoms with Crippen molar-refractivity contribution >= 4 is 36.5 Å². The second-order valence-corrected chi connectivity index (χ2v) is 4.48. The summed E-state index contributed by atoms with van der Waals surface area (Å²) in [5.74, 6) is -0.0730. The first-order valence-electron chi connectivity index (χ1n) is 4.22. The fraction of sp³-hybridized carbons (Fsp3) is 0.750. The number of nitrogens with zero attached hydrogens (tertiary/aromatic N) is 1. The number of amides is 1. The van der Waals surface area contributed by atoms with Crippen LogP contribution in [0.5, 0.6) is 0 Å². The van der Waals surface area contributed by atoms with Crippen LogP contribution in [-0.4, -0.2) is 39.8 Å². The van der Waals surface area contributed by atoms with Gasteiger partial charge >= 0.3 is 5.97 Å². The Kier molecular flexibility index (Phi) is 6.82. The maximum Gasteiger partial charge on any atom is 0.304 e. The van der Waals surface area contributed by atoms with Gasteiger partial charge in [-0.1, -0.05) is 6.92 Å². The Bertz CT molecular complexity index is 211. The molecule has 4 nitrogen and oxygen atoms in total. The fourth-order valence-electron chi connectivity index (χ4n) is 0.722. The molecule has 0 aromatic carbocycles. The van der Waals surface area contributed by atoms with Gasteiger partial charge in [0.05, 0.1) is 6.42 Å². The predicted octanol–water partition coefficient (Wildman–Crippen LogP) is 1.13. The highest BCUT2D eigenvalue weighted by atomic mass is 32.2. The molecule has 1 atom stereocenters. The highest BCUT2D eigenvalue weighted by Crippen LogP contribution is 2.13. The third-order valence-electron chi connectivity index (χ3n) is 1.61. The molecule has 0 aromatic heterocycles. The number of carbonyl (C=O) groups excluding carboxylic acids is 1. The van der Waals surface area contributed by atoms with E-state index in [1.165, 1.54) is 16.3 Å². The van der Waals surface area contributed by atoms with Crippen LogP contribution in [0.3, 0.4) is 0 Å². The van der Waals surface area contributed by atoms with Crippen LogP contribution in [0, 0.1) is 5.92 Å². The van der Waals surface area contributed by atoms with Crippen molar-refractivity contribution in [3.8, 4) is 0 Å². The molecule has 82 valence electrons. The third kappa shape index (κ3) is 5.39. The Morgan fingerprint density at radius 2 is 2.14 bits per heavy atom. The van der Waals surface area contributed by atoms with Crippen molar-refractivity contribution in [1.82, 2.24) is 4.31 Å². The van der Waals surface area contributed by atoms with Crippen molar-refractivity contribution in [2.45, 2.75) is 13.3 Å². The highest BCUT2D eigenvalue weighted by molar-refractivity contribution is 7.97. The Balaban J connectivity index is 3.78. The van der Waals surface area contributed by atoms with Crippen molar-refractivity contribution in [3.63, 3.8) is 0 Å². The van der Waals surface area contributed by atoms with E-state index in [0.717, 1.165) is 0 Å². The summed E-state index contributed by atoms with van der Waals surface area (Å²) < 4.78 is 1.48. The second-order valence-electron chi connectivity index (χ2n) is 2.90. The molecule has 1 unspecified atom stereocenters. The second kappa shape index (κ2) is 7.00. The molecule has 6 heteroatoms. The number of aliphatic carboxylic acids is 1. The van der Waals surface area contributed by atoms with Gasteiger partial charge in [-0.15, -0.1) is 0 Å². The molecule has 0 aliphatic rings. The molecule has 0 bridgehead atoms. The number of hydrogen-bond donors (Lipinski definition) is 2. The Labute approximate surface area is 93.6 Å². The summed E-state index contributed by atoms with van der Waals surface area (Å²) in [6, 6.07) is 0. The van der Waals surface area contributed by atoms with Gasteiger partial charge in [-0.25, -0.2) is 0 Å². The van der Waals surface area contributed by atoms with E-state index in [9.17, 15) is 9.59 Å². The Morgan fingerprint density at radius 3 is 2.57 bits per heavy atom. The fourth-order valence-corrected chi connectivity index (χ4v) is 1.73. The maximum atomic E-state index is 11.5. The van der Waals surface area contributed by atoms with Crippen molar-refractivity contribution in [3.05, 3.63) is 0 Å². The number of hydrogen-bond acceptors (Lipinski definition) is 4. The molecule has 1 N–H and O–H groups in total. The lowest BCUT2D eigenvalue weighted by Gasteiger charge is -2.18. The van der Waals surface area contributed by atoms with Crippen LogP contribution >= 0.6 is 24.6 Å². The minimum absolute atomic E-state index is 0.0182. The minimum atomic E-state index is -0.847. The van der Waals surface area contributed by atoms with E-state index in [-0.39, 0.29) is 18.2 Å². The topological polar surface area (TPSA) is 57.6 Å². The predicted molar refractivity (Wildman–Crippen MR) is 60.5 cm³/mol. The molecular formula is C8H15NO3S2. The zero-order valence-electron chi connectivity index (χ0n) is 8.27. The first-order chi connectivity index (χ1) is 6.49. The lowest BCUT2D eigenvalue weighted by molar-refractivity contribution is -0.136. The lowest BCUT2D eigenvalue weighted by atomic mass is 10.2. The van der Waals surface area contributed by atoms with Crippen LogP contribution in [0.4, 0.5) is 0 Å². The number of carboxylic acid groups (broad SMARTS) is 1. The van der Waals surface area contributed by atoms with E-state index in [0.29, 0.717) is 11.5 Å². The largest absolute Gasteiger partial charge is 0.481 e. The minimum Gasteiger partial charge on any atom is -0.481 e. The maximum absolute atomic E-state index is 11.5. The Morgan fingerprint density at radius 1 is 1.57 bits per heavy atom. The summed E-state index contributed by atoms with van der Waals surface area (Å²) in [6.45, 7) is 1.80. The van der Waals surface area contributed by atoms with Gasteiger partial charge in [0.15, 0.2) is 0 Å². The normalized spacial score (nSPS) is 12.2. The van der Waals surface area contributed by atoms with Gasteiger partial charge < -0.3 is 5.11 Å². The summed E-state index contributed by atoms with van der Waals surface area (Å²) in [4.78, 5) is 21.7. The smallest absolute Gasteiger partial charge is 0.304 e. The molecule has 0 aromatic rings. The average molecular weight is 237 g/mol. The summed E-state index contributed by atoms with van der Waals surface area (Å²) in [6.07, 6.45) is 0.0670. The summed E-state index contributed by atoms with van der Waals surface area (Å²) in [5.41, 5.74) is 0. The van der Waals surface area contributed by atoms with Gasteiger partial charge in [0, 0.05) is 24.5 Å². The van der Waals surface area contributed by atoms with Crippen LogP contribution in [-0.2, 0) is 9.59 Å². The highest BCUT2D eigenvalue weighted by Gasteiger charge is 2.16. The van der Waals surface area contributed by atoms with Crippen molar-refractivity contribution in [1.29, 1.82) is 0 Å². The van der Waals surface area contributed by atoms with Crippen LogP contribution in [0.25, 0.3) is 0 Å². The quantitative estimate of drug-likeness (QED) is 0.537. The molecule has 0 aliphatic heterocycles. The summed E-state index contributed by atoms with van der Waals surface area (Å²) >= 11 is 5.25. The molecule has 1 amide bonds. The number of carbonyl (C=O) groups is 2. The van der Waals surface area contributed by atoms with Gasteiger partial charge in [-0.3, -0.25) is 13.9 Å². The number of carboxylic acids is 1. The molecule has 0 heterocycles. The van der Waals surface area contributed by atoms with E-state index >= 15 is 0 Å². The third-order valence-corrected chi connectivity index (χ3v) is 3.11. The monoisotopic (exact) mass is 237 g/mol. The molecule has 0 aliphatic carbocycles. The summed E-state index contributed by atoms with van der Waals surface area (Å²) in [7, 11) is 1.65. The zero-order chi connectivity index (χ0) is 11.1.